The van der Waals surface area contributed by atoms with Crippen LogP contribution in [-0.4, -0.2) is 23.9 Å². The van der Waals surface area contributed by atoms with E-state index in [9.17, 15) is 4.79 Å². The molecule has 0 saturated heterocycles. The lowest BCUT2D eigenvalue weighted by Gasteiger charge is -2.19. The van der Waals surface area contributed by atoms with Gasteiger partial charge in [-0.2, -0.15) is 0 Å². The second kappa shape index (κ2) is 3.41. The first-order valence-electron chi connectivity index (χ1n) is 5.03. The number of terminal acetylenes is 1. The topological polar surface area (TPSA) is 20.3 Å². The maximum absolute atomic E-state index is 11.7. The number of rotatable bonds is 4. The van der Waals surface area contributed by atoms with Crippen molar-refractivity contribution < 1.29 is 4.79 Å². The van der Waals surface area contributed by atoms with Gasteiger partial charge in [-0.15, -0.1) is 6.42 Å². The monoisotopic (exact) mass is 177 g/mol. The minimum atomic E-state index is 0.296. The molecule has 0 heterocycles. The molecule has 2 aliphatic rings. The van der Waals surface area contributed by atoms with Crippen molar-refractivity contribution in [3.63, 3.8) is 0 Å². The Bertz CT molecular complexity index is 245. The van der Waals surface area contributed by atoms with Gasteiger partial charge in [0.25, 0.3) is 0 Å². The molecule has 0 N–H and O–H groups in total. The lowest BCUT2D eigenvalue weighted by atomic mass is 10.3. The second-order valence-electron chi connectivity index (χ2n) is 4.14. The van der Waals surface area contributed by atoms with Crippen LogP contribution in [0, 0.1) is 24.2 Å². The molecule has 2 rings (SSSR count). The molecule has 0 aromatic rings. The average Bonchev–Trinajstić information content (AvgIpc) is 2.97. The summed E-state index contributed by atoms with van der Waals surface area (Å²) in [7, 11) is 0. The molecule has 0 aromatic heterocycles. The van der Waals surface area contributed by atoms with Crippen molar-refractivity contribution in [1.29, 1.82) is 0 Å². The Morgan fingerprint density at radius 1 is 1.38 bits per heavy atom. The van der Waals surface area contributed by atoms with E-state index in [1.54, 1.807) is 0 Å². The molecule has 0 spiro atoms. The highest BCUT2D eigenvalue weighted by Crippen LogP contribution is 2.34. The zero-order chi connectivity index (χ0) is 9.26. The predicted octanol–water partition coefficient (Wildman–Crippen LogP) is 1.27. The van der Waals surface area contributed by atoms with Crippen molar-refractivity contribution in [3.05, 3.63) is 0 Å². The van der Waals surface area contributed by atoms with Gasteiger partial charge in [-0.25, -0.2) is 0 Å². The van der Waals surface area contributed by atoms with Crippen LogP contribution >= 0.6 is 0 Å². The third-order valence-electron chi connectivity index (χ3n) is 2.70. The van der Waals surface area contributed by atoms with Gasteiger partial charge in [0.15, 0.2) is 0 Å². The highest BCUT2D eigenvalue weighted by molar-refractivity contribution is 5.81. The van der Waals surface area contributed by atoms with Gasteiger partial charge in [-0.1, -0.05) is 5.92 Å². The Kier molecular flexibility index (Phi) is 2.26. The van der Waals surface area contributed by atoms with Crippen molar-refractivity contribution in [2.45, 2.75) is 25.7 Å². The first-order valence-corrected chi connectivity index (χ1v) is 5.03. The van der Waals surface area contributed by atoms with E-state index in [0.717, 1.165) is 25.3 Å². The van der Waals surface area contributed by atoms with Gasteiger partial charge >= 0.3 is 0 Å². The summed E-state index contributed by atoms with van der Waals surface area (Å²) >= 11 is 0. The maximum atomic E-state index is 11.7. The maximum Gasteiger partial charge on any atom is 0.226 e. The fourth-order valence-corrected chi connectivity index (χ4v) is 1.54. The van der Waals surface area contributed by atoms with Crippen molar-refractivity contribution in [1.82, 2.24) is 4.90 Å². The van der Waals surface area contributed by atoms with Gasteiger partial charge in [0, 0.05) is 12.5 Å². The van der Waals surface area contributed by atoms with Crippen LogP contribution in [0.2, 0.25) is 0 Å². The van der Waals surface area contributed by atoms with Crippen molar-refractivity contribution >= 4 is 5.91 Å². The van der Waals surface area contributed by atoms with Crippen LogP contribution < -0.4 is 0 Å². The zero-order valence-electron chi connectivity index (χ0n) is 7.83. The third-order valence-corrected chi connectivity index (χ3v) is 2.70. The summed E-state index contributed by atoms with van der Waals surface area (Å²) in [6.07, 6.45) is 9.94. The van der Waals surface area contributed by atoms with E-state index in [0.29, 0.717) is 18.4 Å². The van der Waals surface area contributed by atoms with Gasteiger partial charge in [0.2, 0.25) is 5.91 Å². The number of hydrogen-bond acceptors (Lipinski definition) is 1. The SMILES string of the molecule is C#CCN(CC1CC1)C(=O)C1CC1. The van der Waals surface area contributed by atoms with E-state index in [1.807, 2.05) is 4.90 Å². The Hall–Kier alpha value is -0.970. The minimum absolute atomic E-state index is 0.296. The van der Waals surface area contributed by atoms with Crippen LogP contribution in [0.5, 0.6) is 0 Å². The molecule has 2 heteroatoms. The first kappa shape index (κ1) is 8.62. The van der Waals surface area contributed by atoms with Crippen LogP contribution in [0.4, 0.5) is 0 Å². The Labute approximate surface area is 79.3 Å². The van der Waals surface area contributed by atoms with Gasteiger partial charge in [0.1, 0.15) is 0 Å². The van der Waals surface area contributed by atoms with E-state index < -0.39 is 0 Å². The Balaban J connectivity index is 1.86. The minimum Gasteiger partial charge on any atom is -0.331 e. The molecule has 0 atom stereocenters. The second-order valence-corrected chi connectivity index (χ2v) is 4.14. The van der Waals surface area contributed by atoms with Crippen LogP contribution in [-0.2, 0) is 4.79 Å². The predicted molar refractivity (Wildman–Crippen MR) is 50.9 cm³/mol. The fraction of sp³-hybridized carbons (Fsp3) is 0.727. The summed E-state index contributed by atoms with van der Waals surface area (Å²) in [6.45, 7) is 1.41. The summed E-state index contributed by atoms with van der Waals surface area (Å²) in [6, 6.07) is 0. The summed E-state index contributed by atoms with van der Waals surface area (Å²) in [5.74, 6) is 3.92. The van der Waals surface area contributed by atoms with Gasteiger partial charge in [0.05, 0.1) is 6.54 Å². The summed E-state index contributed by atoms with van der Waals surface area (Å²) in [4.78, 5) is 13.6. The van der Waals surface area contributed by atoms with E-state index in [-0.39, 0.29) is 0 Å². The fourth-order valence-electron chi connectivity index (χ4n) is 1.54. The average molecular weight is 177 g/mol. The van der Waals surface area contributed by atoms with Crippen LogP contribution in [0.25, 0.3) is 0 Å². The van der Waals surface area contributed by atoms with E-state index >= 15 is 0 Å². The number of amides is 1. The van der Waals surface area contributed by atoms with Crippen molar-refractivity contribution in [3.8, 4) is 12.3 Å². The molecule has 2 saturated carbocycles. The molecular formula is C11H15NO. The molecule has 1 amide bonds. The molecule has 0 radical (unpaired) electrons. The summed E-state index contributed by atoms with van der Waals surface area (Å²) < 4.78 is 0. The van der Waals surface area contributed by atoms with Crippen LogP contribution in [0.3, 0.4) is 0 Å². The molecule has 0 bridgehead atoms. The highest BCUT2D eigenvalue weighted by Gasteiger charge is 2.35. The lowest BCUT2D eigenvalue weighted by Crippen LogP contribution is -2.34. The molecule has 2 nitrogen and oxygen atoms in total. The van der Waals surface area contributed by atoms with E-state index in [2.05, 4.69) is 5.92 Å². The molecule has 0 aromatic carbocycles. The zero-order valence-corrected chi connectivity index (χ0v) is 7.83. The van der Waals surface area contributed by atoms with Gasteiger partial charge in [-0.3, -0.25) is 4.79 Å². The number of nitrogens with zero attached hydrogens (tertiary/aromatic N) is 1. The summed E-state index contributed by atoms with van der Waals surface area (Å²) in [5, 5.41) is 0. The molecule has 0 unspecified atom stereocenters. The van der Waals surface area contributed by atoms with Gasteiger partial charge < -0.3 is 4.90 Å². The highest BCUT2D eigenvalue weighted by atomic mass is 16.2. The molecule has 70 valence electrons. The molecular weight excluding hydrogens is 162 g/mol. The number of carbonyl (C=O) groups is 1. The number of hydrogen-bond donors (Lipinski definition) is 0. The third kappa shape index (κ3) is 2.24. The van der Waals surface area contributed by atoms with Crippen molar-refractivity contribution in [2.75, 3.05) is 13.1 Å². The first-order chi connectivity index (χ1) is 6.31. The molecule has 0 aliphatic heterocycles. The van der Waals surface area contributed by atoms with Crippen LogP contribution in [0.15, 0.2) is 0 Å². The Morgan fingerprint density at radius 2 is 2.08 bits per heavy atom. The lowest BCUT2D eigenvalue weighted by molar-refractivity contribution is -0.132. The molecule has 2 aliphatic carbocycles. The summed E-state index contributed by atoms with van der Waals surface area (Å²) in [5.41, 5.74) is 0. The number of carbonyl (C=O) groups excluding carboxylic acids is 1. The van der Waals surface area contributed by atoms with Gasteiger partial charge in [-0.05, 0) is 31.6 Å². The van der Waals surface area contributed by atoms with Crippen molar-refractivity contribution in [2.24, 2.45) is 11.8 Å². The normalized spacial score (nSPS) is 20.8. The standard InChI is InChI=1S/C11H15NO/c1-2-7-12(8-9-3-4-9)11(13)10-5-6-10/h1,9-10H,3-8H2. The largest absolute Gasteiger partial charge is 0.331 e. The van der Waals surface area contributed by atoms with E-state index in [1.165, 1.54) is 12.8 Å². The smallest absolute Gasteiger partial charge is 0.226 e. The molecule has 2 fully saturated rings. The molecule has 13 heavy (non-hydrogen) atoms. The van der Waals surface area contributed by atoms with Crippen LogP contribution in [0.1, 0.15) is 25.7 Å². The van der Waals surface area contributed by atoms with E-state index in [4.69, 9.17) is 6.42 Å². The Morgan fingerprint density at radius 3 is 2.54 bits per heavy atom. The quantitative estimate of drug-likeness (QED) is 0.592.